The Morgan fingerprint density at radius 2 is 1.95 bits per heavy atom. The summed E-state index contributed by atoms with van der Waals surface area (Å²) >= 11 is 3.04. The Hall–Kier alpha value is -1.14. The van der Waals surface area contributed by atoms with Gasteiger partial charge in [-0.05, 0) is 43.9 Å². The number of aliphatic carboxylic acids is 1. The molecule has 1 rings (SSSR count). The van der Waals surface area contributed by atoms with Crippen LogP contribution in [0.4, 0.5) is 0 Å². The molecule has 0 radical (unpaired) electrons. The van der Waals surface area contributed by atoms with Gasteiger partial charge in [-0.25, -0.2) is 0 Å². The van der Waals surface area contributed by atoms with Crippen molar-refractivity contribution in [1.29, 1.82) is 0 Å². The van der Waals surface area contributed by atoms with Gasteiger partial charge in [0, 0.05) is 10.9 Å². The number of carbonyl (C=O) groups excluding carboxylic acids is 1. The van der Waals surface area contributed by atoms with Gasteiger partial charge in [0.2, 0.25) is 0 Å². The highest BCUT2D eigenvalue weighted by molar-refractivity contribution is 8.00. The Morgan fingerprint density at radius 1 is 1.27 bits per heavy atom. The van der Waals surface area contributed by atoms with Crippen molar-refractivity contribution in [3.63, 3.8) is 0 Å². The van der Waals surface area contributed by atoms with Crippen molar-refractivity contribution in [2.75, 3.05) is 11.5 Å². The van der Waals surface area contributed by atoms with Gasteiger partial charge in [0.05, 0.1) is 5.56 Å². The summed E-state index contributed by atoms with van der Waals surface area (Å²) in [5.74, 6) is 1.07. The number of hydrogen-bond acceptors (Lipinski definition) is 4. The molecule has 0 heterocycles. The lowest BCUT2D eigenvalue weighted by molar-refractivity contribution is -0.136. The van der Waals surface area contributed by atoms with Crippen molar-refractivity contribution in [3.05, 3.63) is 29.8 Å². The zero-order valence-corrected chi connectivity index (χ0v) is 14.8. The molecule has 0 fully saturated rings. The Kier molecular flexibility index (Phi) is 8.42. The van der Waals surface area contributed by atoms with Crippen molar-refractivity contribution in [2.24, 2.45) is 0 Å². The SMILES string of the molecule is CCSCCC(C)NC(=O)c1ccccc1SC(C)C(=O)O. The molecule has 0 aromatic heterocycles. The fourth-order valence-corrected chi connectivity index (χ4v) is 3.51. The summed E-state index contributed by atoms with van der Waals surface area (Å²) in [6.45, 7) is 5.72. The van der Waals surface area contributed by atoms with E-state index in [1.807, 2.05) is 24.8 Å². The summed E-state index contributed by atoms with van der Waals surface area (Å²) < 4.78 is 0. The molecule has 0 aliphatic carbocycles. The molecule has 1 amide bonds. The predicted molar refractivity (Wildman–Crippen MR) is 93.9 cm³/mol. The summed E-state index contributed by atoms with van der Waals surface area (Å²) in [4.78, 5) is 24.1. The van der Waals surface area contributed by atoms with E-state index in [4.69, 9.17) is 5.11 Å². The molecule has 0 saturated heterocycles. The topological polar surface area (TPSA) is 66.4 Å². The first-order valence-electron chi connectivity index (χ1n) is 7.32. The van der Waals surface area contributed by atoms with E-state index in [2.05, 4.69) is 12.2 Å². The molecule has 6 heteroatoms. The van der Waals surface area contributed by atoms with E-state index in [-0.39, 0.29) is 11.9 Å². The third kappa shape index (κ3) is 6.32. The number of amides is 1. The minimum absolute atomic E-state index is 0.0986. The number of rotatable bonds is 9. The van der Waals surface area contributed by atoms with E-state index < -0.39 is 11.2 Å². The van der Waals surface area contributed by atoms with E-state index in [1.165, 1.54) is 11.8 Å². The minimum atomic E-state index is -0.884. The van der Waals surface area contributed by atoms with Crippen molar-refractivity contribution >= 4 is 35.4 Å². The Morgan fingerprint density at radius 3 is 2.59 bits per heavy atom. The van der Waals surface area contributed by atoms with Gasteiger partial charge in [0.15, 0.2) is 0 Å². The second kappa shape index (κ2) is 9.79. The second-order valence-corrected chi connectivity index (χ2v) is 7.73. The van der Waals surface area contributed by atoms with E-state index in [9.17, 15) is 9.59 Å². The summed E-state index contributed by atoms with van der Waals surface area (Å²) in [6, 6.07) is 7.23. The number of carboxylic acid groups (broad SMARTS) is 1. The predicted octanol–water partition coefficient (Wildman–Crippen LogP) is 3.51. The Balaban J connectivity index is 2.70. The maximum absolute atomic E-state index is 12.4. The number of hydrogen-bond donors (Lipinski definition) is 2. The van der Waals surface area contributed by atoms with Crippen LogP contribution in [0.2, 0.25) is 0 Å². The first-order chi connectivity index (χ1) is 10.5. The standard InChI is InChI=1S/C16H23NO3S2/c1-4-21-10-9-11(2)17-15(18)13-7-5-6-8-14(13)22-12(3)16(19)20/h5-8,11-12H,4,9-10H2,1-3H3,(H,17,18)(H,19,20). The van der Waals surface area contributed by atoms with E-state index in [1.54, 1.807) is 25.1 Å². The maximum atomic E-state index is 12.4. The third-order valence-corrected chi connectivity index (χ3v) is 5.16. The molecule has 1 aromatic rings. The van der Waals surface area contributed by atoms with Crippen LogP contribution in [0, 0.1) is 0 Å². The monoisotopic (exact) mass is 341 g/mol. The first-order valence-corrected chi connectivity index (χ1v) is 9.36. The van der Waals surface area contributed by atoms with Crippen molar-refractivity contribution in [2.45, 2.75) is 43.4 Å². The van der Waals surface area contributed by atoms with Crippen molar-refractivity contribution in [1.82, 2.24) is 5.32 Å². The molecule has 2 unspecified atom stereocenters. The van der Waals surface area contributed by atoms with Crippen molar-refractivity contribution in [3.8, 4) is 0 Å². The molecule has 0 spiro atoms. The van der Waals surface area contributed by atoms with E-state index in [0.717, 1.165) is 17.9 Å². The van der Waals surface area contributed by atoms with Gasteiger partial charge < -0.3 is 10.4 Å². The molecule has 2 N–H and O–H groups in total. The van der Waals surface area contributed by atoms with Gasteiger partial charge in [0.1, 0.15) is 5.25 Å². The number of carboxylic acids is 1. The molecule has 0 saturated carbocycles. The summed E-state index contributed by atoms with van der Waals surface area (Å²) in [6.07, 6.45) is 0.922. The van der Waals surface area contributed by atoms with Gasteiger partial charge >= 0.3 is 5.97 Å². The van der Waals surface area contributed by atoms with E-state index in [0.29, 0.717) is 10.5 Å². The van der Waals surface area contributed by atoms with Gasteiger partial charge in [-0.15, -0.1) is 11.8 Å². The third-order valence-electron chi connectivity index (χ3n) is 3.06. The smallest absolute Gasteiger partial charge is 0.316 e. The highest BCUT2D eigenvalue weighted by Gasteiger charge is 2.18. The highest BCUT2D eigenvalue weighted by Crippen LogP contribution is 2.27. The number of benzene rings is 1. The number of carbonyl (C=O) groups is 2. The lowest BCUT2D eigenvalue weighted by Gasteiger charge is -2.16. The second-order valence-electron chi connectivity index (χ2n) is 4.95. The van der Waals surface area contributed by atoms with Crippen LogP contribution >= 0.6 is 23.5 Å². The van der Waals surface area contributed by atoms with Crippen LogP contribution in [0.5, 0.6) is 0 Å². The largest absolute Gasteiger partial charge is 0.480 e. The molecule has 2 atom stereocenters. The molecular weight excluding hydrogens is 318 g/mol. The van der Waals surface area contributed by atoms with Crippen LogP contribution in [-0.2, 0) is 4.79 Å². The first kappa shape index (κ1) is 18.9. The van der Waals surface area contributed by atoms with Gasteiger partial charge in [-0.1, -0.05) is 19.1 Å². The fraction of sp³-hybridized carbons (Fsp3) is 0.500. The maximum Gasteiger partial charge on any atom is 0.316 e. The van der Waals surface area contributed by atoms with Crippen LogP contribution in [-0.4, -0.2) is 39.8 Å². The van der Waals surface area contributed by atoms with Gasteiger partial charge in [0.25, 0.3) is 5.91 Å². The zero-order chi connectivity index (χ0) is 16.5. The van der Waals surface area contributed by atoms with Crippen LogP contribution in [0.15, 0.2) is 29.2 Å². The lowest BCUT2D eigenvalue weighted by atomic mass is 10.2. The molecule has 22 heavy (non-hydrogen) atoms. The van der Waals surface area contributed by atoms with E-state index >= 15 is 0 Å². The minimum Gasteiger partial charge on any atom is -0.480 e. The lowest BCUT2D eigenvalue weighted by Crippen LogP contribution is -2.33. The molecular formula is C16H23NO3S2. The highest BCUT2D eigenvalue weighted by atomic mass is 32.2. The molecule has 0 aliphatic rings. The average molecular weight is 341 g/mol. The van der Waals surface area contributed by atoms with Gasteiger partial charge in [-0.2, -0.15) is 11.8 Å². The normalized spacial score (nSPS) is 13.4. The molecule has 0 aliphatic heterocycles. The number of nitrogens with one attached hydrogen (secondary N) is 1. The number of thioether (sulfide) groups is 2. The summed E-state index contributed by atoms with van der Waals surface area (Å²) in [5, 5.41) is 11.4. The quantitative estimate of drug-likeness (QED) is 0.531. The van der Waals surface area contributed by atoms with Gasteiger partial charge in [-0.3, -0.25) is 9.59 Å². The van der Waals surface area contributed by atoms with Crippen LogP contribution in [0.1, 0.15) is 37.6 Å². The van der Waals surface area contributed by atoms with Crippen LogP contribution < -0.4 is 5.32 Å². The molecule has 4 nitrogen and oxygen atoms in total. The molecule has 1 aromatic carbocycles. The van der Waals surface area contributed by atoms with Crippen molar-refractivity contribution < 1.29 is 14.7 Å². The Bertz CT molecular complexity index is 508. The summed E-state index contributed by atoms with van der Waals surface area (Å²) in [5.41, 5.74) is 0.538. The molecule has 0 bridgehead atoms. The molecule has 122 valence electrons. The van der Waals surface area contributed by atoms with Crippen LogP contribution in [0.3, 0.4) is 0 Å². The fourth-order valence-electron chi connectivity index (χ4n) is 1.78. The van der Waals surface area contributed by atoms with Crippen LogP contribution in [0.25, 0.3) is 0 Å². The Labute approximate surface area is 140 Å². The zero-order valence-electron chi connectivity index (χ0n) is 13.2. The summed E-state index contributed by atoms with van der Waals surface area (Å²) in [7, 11) is 0. The average Bonchev–Trinajstić information content (AvgIpc) is 2.47.